The van der Waals surface area contributed by atoms with E-state index in [0.29, 0.717) is 43.3 Å². The maximum atomic E-state index is 14.5. The van der Waals surface area contributed by atoms with Crippen LogP contribution in [0.5, 0.6) is 0 Å². The van der Waals surface area contributed by atoms with E-state index in [4.69, 9.17) is 59.0 Å². The summed E-state index contributed by atoms with van der Waals surface area (Å²) in [4.78, 5) is 54.3. The van der Waals surface area contributed by atoms with Crippen molar-refractivity contribution in [3.05, 3.63) is 60.2 Å². The van der Waals surface area contributed by atoms with Crippen molar-refractivity contribution < 1.29 is 102 Å². The van der Waals surface area contributed by atoms with E-state index < -0.39 is 169 Å². The standard InChI is InChI=1S/C63H95ClO21/c1-33(19-42(67)18-17-35(3)64)20-53-55(72)57-39(7)58(79-53)59(73)63(75)31-51(70)37(5)52(85-63)16-14-12-13-15-44-22-43(68)27-61(81-44)29-47(76-11)23-45(82-61)25-50(69)38(6)56(78-41(9)66)36(4)34(2)21-49-28-60(10,74)32-62(84-49)30-48(77-40(8)65)24-46(83-62)26-54(71)80-57/h13,15,17-18,36-39,42-49,51-53,55-59,67-68,70,72-75H,1-3,12,14,16,19-32H2,4-11H3/b15-13-,18-17+/t36?,37-,38-,39-,42?,43+,44+,45+,46-,47+,48+,49+,51+,52-,53-,55-,56+,57-,58-,59+,60+,61-,62-,63-/m1/s1. The molecular formula is C63H95ClO21. The van der Waals surface area contributed by atoms with Crippen LogP contribution in [-0.2, 0) is 66.5 Å². The van der Waals surface area contributed by atoms with Crippen molar-refractivity contribution in [2.24, 2.45) is 23.7 Å². The molecule has 7 aliphatic rings. The molecule has 0 saturated carbocycles. The minimum Gasteiger partial charge on any atom is -0.462 e. The minimum absolute atomic E-state index is 0.00321. The number of rotatable bonds is 9. The average Bonchev–Trinajstić information content (AvgIpc) is 1.35. The fourth-order valence-electron chi connectivity index (χ4n) is 14.1. The molecular weight excluding hydrogens is 1130 g/mol. The Morgan fingerprint density at radius 3 is 2.15 bits per heavy atom. The fraction of sp³-hybridized carbons (Fsp3) is 0.778. The van der Waals surface area contributed by atoms with Crippen molar-refractivity contribution in [1.29, 1.82) is 0 Å². The van der Waals surface area contributed by atoms with Crippen molar-refractivity contribution in [2.45, 2.75) is 278 Å². The second-order valence-corrected chi connectivity index (χ2v) is 26.4. The first-order valence-corrected chi connectivity index (χ1v) is 30.7. The number of esters is 3. The van der Waals surface area contributed by atoms with E-state index in [-0.39, 0.29) is 81.1 Å². The Balaban J connectivity index is 1.22. The van der Waals surface area contributed by atoms with Gasteiger partial charge in [-0.05, 0) is 51.5 Å². The van der Waals surface area contributed by atoms with E-state index in [2.05, 4.69) is 19.7 Å². The van der Waals surface area contributed by atoms with Gasteiger partial charge in [0.2, 0.25) is 0 Å². The molecule has 2 unspecified atom stereocenters. The number of fused-ring (bicyclic) bond motifs is 8. The fourth-order valence-corrected chi connectivity index (χ4v) is 14.2. The summed E-state index contributed by atoms with van der Waals surface area (Å²) in [6, 6.07) is 0. The van der Waals surface area contributed by atoms with E-state index in [1.54, 1.807) is 41.7 Å². The van der Waals surface area contributed by atoms with Gasteiger partial charge >= 0.3 is 17.9 Å². The van der Waals surface area contributed by atoms with Crippen LogP contribution < -0.4 is 0 Å². The van der Waals surface area contributed by atoms with Gasteiger partial charge in [-0.2, -0.15) is 0 Å². The molecule has 7 rings (SSSR count). The maximum Gasteiger partial charge on any atom is 0.308 e. The summed E-state index contributed by atoms with van der Waals surface area (Å²) in [5, 5.41) is 82.6. The summed E-state index contributed by atoms with van der Waals surface area (Å²) in [7, 11) is 1.57. The lowest BCUT2D eigenvalue weighted by molar-refractivity contribution is -0.351. The Morgan fingerprint density at radius 2 is 1.47 bits per heavy atom. The smallest absolute Gasteiger partial charge is 0.308 e. The second kappa shape index (κ2) is 29.0. The van der Waals surface area contributed by atoms with Crippen LogP contribution >= 0.6 is 11.6 Å². The Labute approximate surface area is 505 Å². The topological polar surface area (TPSA) is 302 Å². The van der Waals surface area contributed by atoms with Gasteiger partial charge in [0, 0.05) is 108 Å². The second-order valence-electron chi connectivity index (χ2n) is 25.9. The van der Waals surface area contributed by atoms with Crippen molar-refractivity contribution in [3.8, 4) is 0 Å². The van der Waals surface area contributed by atoms with Gasteiger partial charge in [0.25, 0.3) is 0 Å². The van der Waals surface area contributed by atoms with Gasteiger partial charge in [0.1, 0.15) is 36.3 Å². The number of Topliss-reactive ketones (excluding diaryl/α,β-unsaturated/α-hetero) is 1. The normalized spacial score (nSPS) is 44.5. The van der Waals surface area contributed by atoms with Crippen LogP contribution in [0.4, 0.5) is 0 Å². The summed E-state index contributed by atoms with van der Waals surface area (Å²) in [6.45, 7) is 23.1. The lowest BCUT2D eigenvalue weighted by Crippen LogP contribution is -2.65. The van der Waals surface area contributed by atoms with Gasteiger partial charge in [-0.15, -0.1) is 0 Å². The first kappa shape index (κ1) is 69.0. The van der Waals surface area contributed by atoms with E-state index >= 15 is 0 Å². The maximum absolute atomic E-state index is 14.5. The molecule has 24 atom stereocenters. The van der Waals surface area contributed by atoms with E-state index in [9.17, 15) is 54.9 Å². The molecule has 22 heteroatoms. The first-order valence-electron chi connectivity index (χ1n) is 30.3. The summed E-state index contributed by atoms with van der Waals surface area (Å²) >= 11 is 5.89. The largest absolute Gasteiger partial charge is 0.462 e. The Morgan fingerprint density at radius 1 is 0.812 bits per heavy atom. The Kier molecular flexibility index (Phi) is 23.5. The number of ether oxygens (including phenoxy) is 10. The number of ketones is 1. The number of methoxy groups -OCH3 is 1. The highest BCUT2D eigenvalue weighted by Crippen LogP contribution is 2.48. The number of halogens is 1. The molecule has 0 aromatic heterocycles. The van der Waals surface area contributed by atoms with Crippen LogP contribution in [0.2, 0.25) is 0 Å². The highest BCUT2D eigenvalue weighted by molar-refractivity contribution is 6.30. The monoisotopic (exact) mass is 1220 g/mol. The van der Waals surface area contributed by atoms with Crippen molar-refractivity contribution in [2.75, 3.05) is 7.11 Å². The third kappa shape index (κ3) is 18.1. The van der Waals surface area contributed by atoms with Crippen LogP contribution in [0, 0.1) is 23.7 Å². The highest BCUT2D eigenvalue weighted by Gasteiger charge is 2.58. The first-order chi connectivity index (χ1) is 39.8. The molecule has 7 N–H and O–H groups in total. The third-order valence-electron chi connectivity index (χ3n) is 18.3. The van der Waals surface area contributed by atoms with Crippen LogP contribution in [0.3, 0.4) is 0 Å². The van der Waals surface area contributed by atoms with Gasteiger partial charge in [-0.1, -0.05) is 88.4 Å². The van der Waals surface area contributed by atoms with Crippen LogP contribution in [0.1, 0.15) is 158 Å². The molecule has 0 aliphatic carbocycles. The van der Waals surface area contributed by atoms with Gasteiger partial charge in [-0.3, -0.25) is 19.2 Å². The number of carbonyl (C=O) groups excluding carboxylic acids is 4. The number of allylic oxidation sites excluding steroid dienone is 3. The van der Waals surface area contributed by atoms with Crippen LogP contribution in [-0.4, -0.2) is 187 Å². The average molecular weight is 1220 g/mol. The molecule has 0 aromatic carbocycles. The summed E-state index contributed by atoms with van der Waals surface area (Å²) in [5.74, 6) is -10.7. The zero-order valence-electron chi connectivity index (χ0n) is 50.7. The summed E-state index contributed by atoms with van der Waals surface area (Å²) < 4.78 is 63.4. The number of hydrogen-bond donors (Lipinski definition) is 7. The third-order valence-corrected chi connectivity index (χ3v) is 18.4. The number of carbonyl (C=O) groups is 4. The highest BCUT2D eigenvalue weighted by atomic mass is 35.5. The van der Waals surface area contributed by atoms with Crippen LogP contribution in [0.15, 0.2) is 60.2 Å². The quantitative estimate of drug-likeness (QED) is 0.0611. The lowest BCUT2D eigenvalue weighted by atomic mass is 9.78. The van der Waals surface area contributed by atoms with Gasteiger partial charge in [-0.25, -0.2) is 0 Å². The SMILES string of the molecule is C=C(Cl)/C=C/C(O)CC(=C)C[C@H]1O[C@@H]2[C@H](C)[C@@H](OC(=O)C[C@H]3C[C@H](OC(C)=O)C[C@@]4(C[C@@](C)(O)C[C@H](CC(=C)C(C)[C@H](OC(C)=O)[C@H](C)C(=O)C[C@@H]5C[C@H](OC)C[C@@]6(C[C@@H](O)C[C@H](/C=C\CCC[C@H]7O[C@](O)(C[C@H](O)[C@H]7C)[C@H]2O)O6)O5)O4)O3)[C@@H]1O. The lowest BCUT2D eigenvalue weighted by Gasteiger charge is -2.52. The Hall–Kier alpha value is -3.49. The molecule has 21 nitrogen and oxygen atoms in total. The molecule has 7 aliphatic heterocycles. The molecule has 6 saturated heterocycles. The molecule has 6 fully saturated rings. The van der Waals surface area contributed by atoms with E-state index in [0.717, 1.165) is 0 Å². The van der Waals surface area contributed by atoms with Gasteiger partial charge in [0.05, 0.1) is 85.1 Å². The molecule has 2 spiro atoms. The molecule has 480 valence electrons. The van der Waals surface area contributed by atoms with Crippen molar-refractivity contribution in [1.82, 2.24) is 0 Å². The predicted octanol–water partition coefficient (Wildman–Crippen LogP) is 5.91. The zero-order valence-corrected chi connectivity index (χ0v) is 51.5. The summed E-state index contributed by atoms with van der Waals surface area (Å²) in [5.41, 5.74) is -0.508. The summed E-state index contributed by atoms with van der Waals surface area (Å²) in [6.07, 6.45) is -8.69. The van der Waals surface area contributed by atoms with Crippen molar-refractivity contribution >= 4 is 35.3 Å². The molecule has 10 bridgehead atoms. The van der Waals surface area contributed by atoms with E-state index in [1.165, 1.54) is 26.0 Å². The van der Waals surface area contributed by atoms with Gasteiger partial charge < -0.3 is 83.1 Å². The molecule has 85 heavy (non-hydrogen) atoms. The number of aliphatic hydroxyl groups excluding tert-OH is 5. The van der Waals surface area contributed by atoms with Crippen molar-refractivity contribution in [3.63, 3.8) is 0 Å². The van der Waals surface area contributed by atoms with Gasteiger partial charge in [0.15, 0.2) is 17.4 Å². The Bertz CT molecular complexity index is 2430. The number of hydrogen-bond acceptors (Lipinski definition) is 21. The van der Waals surface area contributed by atoms with Crippen LogP contribution in [0.25, 0.3) is 0 Å². The van der Waals surface area contributed by atoms with E-state index in [1.807, 2.05) is 12.2 Å². The molecule has 0 amide bonds. The number of aliphatic hydroxyl groups is 7. The molecule has 0 radical (unpaired) electrons. The molecule has 7 heterocycles. The minimum atomic E-state index is -2.40. The molecule has 0 aromatic rings. The predicted molar refractivity (Wildman–Crippen MR) is 308 cm³/mol. The zero-order chi connectivity index (χ0) is 62.5.